The predicted molar refractivity (Wildman–Crippen MR) is 74.6 cm³/mol. The summed E-state index contributed by atoms with van der Waals surface area (Å²) in [6.45, 7) is 2.69. The molecule has 0 aliphatic rings. The third kappa shape index (κ3) is 3.90. The SMILES string of the molecule is CCOC(=O)c1cnc(NCc2ccnc(Cl)c2)s1. The number of thiazole rings is 1. The molecule has 0 atom stereocenters. The van der Waals surface area contributed by atoms with E-state index < -0.39 is 0 Å². The smallest absolute Gasteiger partial charge is 0.350 e. The molecule has 0 saturated heterocycles. The molecule has 5 nitrogen and oxygen atoms in total. The van der Waals surface area contributed by atoms with E-state index in [1.165, 1.54) is 17.5 Å². The molecule has 0 fully saturated rings. The lowest BCUT2D eigenvalue weighted by atomic mass is 10.3. The molecule has 2 heterocycles. The highest BCUT2D eigenvalue weighted by Gasteiger charge is 2.11. The zero-order chi connectivity index (χ0) is 13.7. The fraction of sp³-hybridized carbons (Fsp3) is 0.250. The van der Waals surface area contributed by atoms with Crippen molar-refractivity contribution in [2.24, 2.45) is 0 Å². The van der Waals surface area contributed by atoms with Gasteiger partial charge in [-0.25, -0.2) is 14.8 Å². The maximum Gasteiger partial charge on any atom is 0.350 e. The molecule has 1 N–H and O–H groups in total. The average Bonchev–Trinajstić information content (AvgIpc) is 2.86. The first-order valence-electron chi connectivity index (χ1n) is 5.66. The first kappa shape index (κ1) is 13.8. The number of ether oxygens (including phenoxy) is 1. The molecule has 0 bridgehead atoms. The molecule has 0 radical (unpaired) electrons. The summed E-state index contributed by atoms with van der Waals surface area (Å²) in [5, 5.41) is 4.23. The first-order chi connectivity index (χ1) is 9.19. The quantitative estimate of drug-likeness (QED) is 0.679. The molecule has 0 unspecified atom stereocenters. The number of carbonyl (C=O) groups is 1. The van der Waals surface area contributed by atoms with Crippen LogP contribution < -0.4 is 5.32 Å². The van der Waals surface area contributed by atoms with Crippen LogP contribution in [-0.2, 0) is 11.3 Å². The van der Waals surface area contributed by atoms with E-state index in [2.05, 4.69) is 15.3 Å². The number of aromatic nitrogens is 2. The van der Waals surface area contributed by atoms with Crippen LogP contribution in [-0.4, -0.2) is 22.5 Å². The third-order valence-corrected chi connectivity index (χ3v) is 3.36. The molecule has 2 aromatic rings. The summed E-state index contributed by atoms with van der Waals surface area (Å²) in [5.74, 6) is -0.347. The van der Waals surface area contributed by atoms with Crippen molar-refractivity contribution in [2.75, 3.05) is 11.9 Å². The molecule has 19 heavy (non-hydrogen) atoms. The largest absolute Gasteiger partial charge is 0.462 e. The van der Waals surface area contributed by atoms with Gasteiger partial charge in [0.2, 0.25) is 0 Å². The van der Waals surface area contributed by atoms with Crippen molar-refractivity contribution in [3.63, 3.8) is 0 Å². The number of rotatable bonds is 5. The highest BCUT2D eigenvalue weighted by molar-refractivity contribution is 7.17. The van der Waals surface area contributed by atoms with Crippen molar-refractivity contribution in [1.82, 2.24) is 9.97 Å². The lowest BCUT2D eigenvalue weighted by Crippen LogP contribution is -2.01. The maximum absolute atomic E-state index is 11.5. The van der Waals surface area contributed by atoms with Crippen molar-refractivity contribution < 1.29 is 9.53 Å². The van der Waals surface area contributed by atoms with Gasteiger partial charge in [-0.15, -0.1) is 0 Å². The second kappa shape index (κ2) is 6.49. The van der Waals surface area contributed by atoms with E-state index in [1.54, 1.807) is 19.2 Å². The number of carbonyl (C=O) groups excluding carboxylic acids is 1. The van der Waals surface area contributed by atoms with E-state index in [-0.39, 0.29) is 5.97 Å². The summed E-state index contributed by atoms with van der Waals surface area (Å²) in [5.41, 5.74) is 0.993. The fourth-order valence-corrected chi connectivity index (χ4v) is 2.28. The number of nitrogens with one attached hydrogen (secondary N) is 1. The Balaban J connectivity index is 1.95. The molecule has 2 rings (SSSR count). The molecule has 0 spiro atoms. The Kier molecular flexibility index (Phi) is 4.70. The van der Waals surface area contributed by atoms with Crippen LogP contribution in [0.1, 0.15) is 22.2 Å². The average molecular weight is 298 g/mol. The fourth-order valence-electron chi connectivity index (χ4n) is 1.38. The van der Waals surface area contributed by atoms with Crippen molar-refractivity contribution in [3.05, 3.63) is 40.1 Å². The number of halogens is 1. The molecule has 0 amide bonds. The van der Waals surface area contributed by atoms with E-state index in [1.807, 2.05) is 6.07 Å². The van der Waals surface area contributed by atoms with Gasteiger partial charge in [0.05, 0.1) is 12.8 Å². The number of pyridine rings is 1. The van der Waals surface area contributed by atoms with Gasteiger partial charge in [-0.3, -0.25) is 0 Å². The van der Waals surface area contributed by atoms with Gasteiger partial charge in [-0.05, 0) is 24.6 Å². The summed E-state index contributed by atoms with van der Waals surface area (Å²) in [4.78, 5) is 20.0. The van der Waals surface area contributed by atoms with Gasteiger partial charge < -0.3 is 10.1 Å². The minimum atomic E-state index is -0.347. The van der Waals surface area contributed by atoms with E-state index in [0.29, 0.717) is 28.3 Å². The molecule has 7 heteroatoms. The van der Waals surface area contributed by atoms with Crippen LogP contribution in [0.2, 0.25) is 5.15 Å². The Bertz CT molecular complexity index is 574. The van der Waals surface area contributed by atoms with Crippen LogP contribution in [0.25, 0.3) is 0 Å². The van der Waals surface area contributed by atoms with Gasteiger partial charge in [0.1, 0.15) is 10.0 Å². The number of hydrogen-bond acceptors (Lipinski definition) is 6. The second-order valence-electron chi connectivity index (χ2n) is 3.59. The standard InChI is InChI=1S/C12H12ClN3O2S/c1-2-18-11(17)9-7-16-12(19-9)15-6-8-3-4-14-10(13)5-8/h3-5,7H,2,6H2,1H3,(H,15,16). The number of nitrogens with zero attached hydrogens (tertiary/aromatic N) is 2. The van der Waals surface area contributed by atoms with E-state index in [9.17, 15) is 4.79 Å². The molecule has 0 saturated carbocycles. The summed E-state index contributed by atoms with van der Waals surface area (Å²) in [6.07, 6.45) is 3.15. The molecule has 2 aromatic heterocycles. The Morgan fingerprint density at radius 3 is 3.11 bits per heavy atom. The monoisotopic (exact) mass is 297 g/mol. The molecule has 100 valence electrons. The van der Waals surface area contributed by atoms with E-state index >= 15 is 0 Å². The Morgan fingerprint density at radius 1 is 1.53 bits per heavy atom. The van der Waals surface area contributed by atoms with Crippen molar-refractivity contribution in [3.8, 4) is 0 Å². The number of anilines is 1. The van der Waals surface area contributed by atoms with Crippen LogP contribution in [0.5, 0.6) is 0 Å². The number of hydrogen-bond donors (Lipinski definition) is 1. The van der Waals surface area contributed by atoms with Crippen LogP contribution in [0, 0.1) is 0 Å². The van der Waals surface area contributed by atoms with Gasteiger partial charge in [0.15, 0.2) is 5.13 Å². The Morgan fingerprint density at radius 2 is 2.37 bits per heavy atom. The lowest BCUT2D eigenvalue weighted by molar-refractivity contribution is 0.0532. The molecular weight excluding hydrogens is 286 g/mol. The first-order valence-corrected chi connectivity index (χ1v) is 6.85. The van der Waals surface area contributed by atoms with Gasteiger partial charge >= 0.3 is 5.97 Å². The minimum Gasteiger partial charge on any atom is -0.462 e. The van der Waals surface area contributed by atoms with Gasteiger partial charge in [-0.1, -0.05) is 22.9 Å². The normalized spacial score (nSPS) is 10.2. The second-order valence-corrected chi connectivity index (χ2v) is 5.01. The predicted octanol–water partition coefficient (Wildman–Crippen LogP) is 2.98. The van der Waals surface area contributed by atoms with Gasteiger partial charge in [0.25, 0.3) is 0 Å². The van der Waals surface area contributed by atoms with E-state index in [4.69, 9.17) is 16.3 Å². The Hall–Kier alpha value is -1.66. The minimum absolute atomic E-state index is 0.347. The lowest BCUT2D eigenvalue weighted by Gasteiger charge is -2.02. The van der Waals surface area contributed by atoms with Crippen molar-refractivity contribution in [2.45, 2.75) is 13.5 Å². The van der Waals surface area contributed by atoms with Crippen molar-refractivity contribution in [1.29, 1.82) is 0 Å². The zero-order valence-electron chi connectivity index (χ0n) is 10.2. The zero-order valence-corrected chi connectivity index (χ0v) is 11.8. The summed E-state index contributed by atoms with van der Waals surface area (Å²) in [6, 6.07) is 3.63. The van der Waals surface area contributed by atoms with Gasteiger partial charge in [0, 0.05) is 12.7 Å². The maximum atomic E-state index is 11.5. The summed E-state index contributed by atoms with van der Waals surface area (Å²) < 4.78 is 4.90. The van der Waals surface area contributed by atoms with Gasteiger partial charge in [-0.2, -0.15) is 0 Å². The highest BCUT2D eigenvalue weighted by atomic mass is 35.5. The van der Waals surface area contributed by atoms with E-state index in [0.717, 1.165) is 5.56 Å². The third-order valence-electron chi connectivity index (χ3n) is 2.22. The Labute approximate surface area is 119 Å². The molecule has 0 aliphatic carbocycles. The van der Waals surface area contributed by atoms with Crippen LogP contribution in [0.4, 0.5) is 5.13 Å². The number of esters is 1. The van der Waals surface area contributed by atoms with Crippen LogP contribution >= 0.6 is 22.9 Å². The highest BCUT2D eigenvalue weighted by Crippen LogP contribution is 2.20. The summed E-state index contributed by atoms with van der Waals surface area (Å²) >= 11 is 7.05. The topological polar surface area (TPSA) is 64.1 Å². The van der Waals surface area contributed by atoms with Crippen LogP contribution in [0.15, 0.2) is 24.5 Å². The molecular formula is C12H12ClN3O2S. The molecule has 0 aliphatic heterocycles. The van der Waals surface area contributed by atoms with Crippen molar-refractivity contribution >= 4 is 34.0 Å². The van der Waals surface area contributed by atoms with Crippen LogP contribution in [0.3, 0.4) is 0 Å². The summed E-state index contributed by atoms with van der Waals surface area (Å²) in [7, 11) is 0. The molecule has 0 aromatic carbocycles.